The van der Waals surface area contributed by atoms with Crippen molar-refractivity contribution in [1.82, 2.24) is 5.32 Å². The van der Waals surface area contributed by atoms with Gasteiger partial charge in [0.2, 0.25) is 0 Å². The van der Waals surface area contributed by atoms with Crippen LogP contribution in [0.4, 0.5) is 0 Å². The maximum atomic E-state index is 10.6. The highest BCUT2D eigenvalue weighted by atomic mass is 16.5. The number of carbonyl (C=O) groups is 1. The summed E-state index contributed by atoms with van der Waals surface area (Å²) in [5.74, 6) is -0.506. The molecule has 0 saturated carbocycles. The number of hydrogen-bond acceptors (Lipinski definition) is 4. The fraction of sp³-hybridized carbons (Fsp3) is 0.500. The Hall–Kier alpha value is -1.03. The van der Waals surface area contributed by atoms with E-state index >= 15 is 0 Å². The predicted molar refractivity (Wildman–Crippen MR) is 36.2 cm³/mol. The number of aliphatic hydroxyl groups is 1. The highest BCUT2D eigenvalue weighted by Gasteiger charge is 2.03. The third-order valence-corrected chi connectivity index (χ3v) is 0.882. The lowest BCUT2D eigenvalue weighted by Gasteiger charge is -2.03. The number of esters is 1. The first-order valence-electron chi connectivity index (χ1n) is 2.84. The van der Waals surface area contributed by atoms with E-state index in [0.717, 1.165) is 0 Å². The molecule has 10 heavy (non-hydrogen) atoms. The van der Waals surface area contributed by atoms with Crippen LogP contribution in [0.15, 0.2) is 12.3 Å². The first-order valence-corrected chi connectivity index (χ1v) is 2.84. The normalized spacial score (nSPS) is 8.60. The number of methoxy groups -OCH3 is 1. The summed E-state index contributed by atoms with van der Waals surface area (Å²) in [6.45, 7) is 3.65. The van der Waals surface area contributed by atoms with Crippen LogP contribution in [0.1, 0.15) is 0 Å². The van der Waals surface area contributed by atoms with E-state index in [4.69, 9.17) is 5.11 Å². The molecule has 0 aliphatic carbocycles. The minimum Gasteiger partial charge on any atom is -0.464 e. The average molecular weight is 145 g/mol. The van der Waals surface area contributed by atoms with Gasteiger partial charge in [-0.25, -0.2) is 4.79 Å². The summed E-state index contributed by atoms with van der Waals surface area (Å²) < 4.78 is 4.33. The highest BCUT2D eigenvalue weighted by Crippen LogP contribution is 1.85. The molecule has 0 atom stereocenters. The quantitative estimate of drug-likeness (QED) is 0.404. The van der Waals surface area contributed by atoms with E-state index in [2.05, 4.69) is 16.6 Å². The fourth-order valence-corrected chi connectivity index (χ4v) is 0.402. The van der Waals surface area contributed by atoms with E-state index in [1.54, 1.807) is 0 Å². The number of carbonyl (C=O) groups excluding carboxylic acids is 1. The van der Waals surface area contributed by atoms with Crippen molar-refractivity contribution in [2.45, 2.75) is 0 Å². The summed E-state index contributed by atoms with van der Waals surface area (Å²) in [6, 6.07) is 0. The molecule has 2 N–H and O–H groups in total. The molecular weight excluding hydrogens is 134 g/mol. The van der Waals surface area contributed by atoms with Gasteiger partial charge < -0.3 is 15.2 Å². The highest BCUT2D eigenvalue weighted by molar-refractivity contribution is 5.86. The van der Waals surface area contributed by atoms with Crippen molar-refractivity contribution >= 4 is 5.97 Å². The zero-order valence-corrected chi connectivity index (χ0v) is 5.89. The molecule has 4 heteroatoms. The van der Waals surface area contributed by atoms with Gasteiger partial charge in [0.1, 0.15) is 5.70 Å². The van der Waals surface area contributed by atoms with E-state index in [1.165, 1.54) is 7.11 Å². The molecule has 0 amide bonds. The minimum atomic E-state index is -0.506. The second-order valence-electron chi connectivity index (χ2n) is 1.62. The van der Waals surface area contributed by atoms with Crippen molar-refractivity contribution in [2.24, 2.45) is 0 Å². The van der Waals surface area contributed by atoms with Crippen LogP contribution in [0.25, 0.3) is 0 Å². The number of rotatable bonds is 4. The third kappa shape index (κ3) is 3.09. The molecule has 0 aromatic heterocycles. The number of hydrogen-bond donors (Lipinski definition) is 2. The van der Waals surface area contributed by atoms with Crippen molar-refractivity contribution in [3.8, 4) is 0 Å². The van der Waals surface area contributed by atoms with Crippen LogP contribution in [0.5, 0.6) is 0 Å². The Morgan fingerprint density at radius 3 is 2.80 bits per heavy atom. The molecule has 0 spiro atoms. The molecule has 4 nitrogen and oxygen atoms in total. The lowest BCUT2D eigenvalue weighted by molar-refractivity contribution is -0.136. The first-order chi connectivity index (χ1) is 4.72. The summed E-state index contributed by atoms with van der Waals surface area (Å²) in [5.41, 5.74) is 0.163. The van der Waals surface area contributed by atoms with E-state index in [1.807, 2.05) is 0 Å². The fourth-order valence-electron chi connectivity index (χ4n) is 0.402. The van der Waals surface area contributed by atoms with Gasteiger partial charge in [-0.15, -0.1) is 0 Å². The topological polar surface area (TPSA) is 58.6 Å². The molecule has 0 rings (SSSR count). The summed E-state index contributed by atoms with van der Waals surface area (Å²) in [5, 5.41) is 10.9. The predicted octanol–water partition coefficient (Wildman–Crippen LogP) is -0.745. The van der Waals surface area contributed by atoms with E-state index in [-0.39, 0.29) is 12.3 Å². The second kappa shape index (κ2) is 4.81. The smallest absolute Gasteiger partial charge is 0.353 e. The van der Waals surface area contributed by atoms with Crippen molar-refractivity contribution < 1.29 is 14.6 Å². The van der Waals surface area contributed by atoms with Gasteiger partial charge in [0, 0.05) is 6.54 Å². The SMILES string of the molecule is C=C(NCCO)C(=O)OC. The molecule has 0 saturated heterocycles. The largest absolute Gasteiger partial charge is 0.464 e. The Kier molecular flexibility index (Phi) is 4.32. The van der Waals surface area contributed by atoms with Gasteiger partial charge in [0.05, 0.1) is 13.7 Å². The monoisotopic (exact) mass is 145 g/mol. The second-order valence-corrected chi connectivity index (χ2v) is 1.62. The van der Waals surface area contributed by atoms with Crippen molar-refractivity contribution in [2.75, 3.05) is 20.3 Å². The Balaban J connectivity index is 3.52. The molecule has 0 aliphatic rings. The standard InChI is InChI=1S/C6H11NO3/c1-5(6(9)10-2)7-3-4-8/h7-8H,1,3-4H2,2H3. The maximum absolute atomic E-state index is 10.6. The van der Waals surface area contributed by atoms with Crippen LogP contribution in [-0.4, -0.2) is 31.3 Å². The number of nitrogens with one attached hydrogen (secondary N) is 1. The van der Waals surface area contributed by atoms with Gasteiger partial charge in [-0.05, 0) is 0 Å². The van der Waals surface area contributed by atoms with Crippen LogP contribution in [0, 0.1) is 0 Å². The molecule has 0 radical (unpaired) electrons. The molecule has 0 fully saturated rings. The lowest BCUT2D eigenvalue weighted by Crippen LogP contribution is -2.23. The van der Waals surface area contributed by atoms with Crippen molar-refractivity contribution in [3.63, 3.8) is 0 Å². The first kappa shape index (κ1) is 8.97. The third-order valence-electron chi connectivity index (χ3n) is 0.882. The van der Waals surface area contributed by atoms with Crippen LogP contribution in [-0.2, 0) is 9.53 Å². The Bertz CT molecular complexity index is 133. The molecule has 0 aliphatic heterocycles. The molecular formula is C6H11NO3. The van der Waals surface area contributed by atoms with Gasteiger partial charge in [0.25, 0.3) is 0 Å². The summed E-state index contributed by atoms with van der Waals surface area (Å²) in [7, 11) is 1.27. The molecule has 0 aromatic carbocycles. The lowest BCUT2D eigenvalue weighted by atomic mass is 10.5. The van der Waals surface area contributed by atoms with Crippen molar-refractivity contribution in [3.05, 3.63) is 12.3 Å². The van der Waals surface area contributed by atoms with E-state index in [9.17, 15) is 4.79 Å². The van der Waals surface area contributed by atoms with Gasteiger partial charge in [-0.1, -0.05) is 6.58 Å². The van der Waals surface area contributed by atoms with Crippen LogP contribution >= 0.6 is 0 Å². The summed E-state index contributed by atoms with van der Waals surface area (Å²) in [6.07, 6.45) is 0. The molecule has 0 heterocycles. The van der Waals surface area contributed by atoms with Crippen molar-refractivity contribution in [1.29, 1.82) is 0 Å². The zero-order chi connectivity index (χ0) is 7.98. The summed E-state index contributed by atoms with van der Waals surface area (Å²) in [4.78, 5) is 10.6. The van der Waals surface area contributed by atoms with Gasteiger partial charge in [0.15, 0.2) is 0 Å². The molecule has 58 valence electrons. The Morgan fingerprint density at radius 1 is 1.80 bits per heavy atom. The minimum absolute atomic E-state index is 0.0317. The number of ether oxygens (including phenoxy) is 1. The maximum Gasteiger partial charge on any atom is 0.353 e. The molecule has 0 bridgehead atoms. The zero-order valence-electron chi connectivity index (χ0n) is 5.89. The molecule has 0 aromatic rings. The Morgan fingerprint density at radius 2 is 2.40 bits per heavy atom. The summed E-state index contributed by atoms with van der Waals surface area (Å²) >= 11 is 0. The average Bonchev–Trinajstić information content (AvgIpc) is 1.98. The Labute approximate surface area is 59.5 Å². The van der Waals surface area contributed by atoms with Crippen LogP contribution < -0.4 is 5.32 Å². The van der Waals surface area contributed by atoms with Gasteiger partial charge in [-0.3, -0.25) is 0 Å². The number of aliphatic hydroxyl groups excluding tert-OH is 1. The van der Waals surface area contributed by atoms with E-state index in [0.29, 0.717) is 6.54 Å². The van der Waals surface area contributed by atoms with Gasteiger partial charge >= 0.3 is 5.97 Å². The van der Waals surface area contributed by atoms with Gasteiger partial charge in [-0.2, -0.15) is 0 Å². The van der Waals surface area contributed by atoms with E-state index < -0.39 is 5.97 Å². The molecule has 0 unspecified atom stereocenters. The van der Waals surface area contributed by atoms with Crippen LogP contribution in [0.2, 0.25) is 0 Å². The van der Waals surface area contributed by atoms with Crippen LogP contribution in [0.3, 0.4) is 0 Å².